The van der Waals surface area contributed by atoms with Gasteiger partial charge in [-0.3, -0.25) is 9.59 Å². The van der Waals surface area contributed by atoms with Crippen LogP contribution in [0.5, 0.6) is 5.75 Å². The van der Waals surface area contributed by atoms with Crippen LogP contribution >= 0.6 is 0 Å². The highest BCUT2D eigenvalue weighted by atomic mass is 16.5. The average Bonchev–Trinajstić information content (AvgIpc) is 2.43. The first-order valence-electron chi connectivity index (χ1n) is 7.06. The number of Topliss-reactive ketones (excluding diaryl/α,β-unsaturated/α-hetero) is 1. The molecular formula is C16H21NO3. The van der Waals surface area contributed by atoms with Gasteiger partial charge in [0.1, 0.15) is 11.5 Å². The maximum absolute atomic E-state index is 12.0. The number of hydrogen-bond acceptors (Lipinski definition) is 3. The van der Waals surface area contributed by atoms with E-state index < -0.39 is 0 Å². The molecule has 0 saturated carbocycles. The third-order valence-corrected chi connectivity index (χ3v) is 3.59. The van der Waals surface area contributed by atoms with Gasteiger partial charge in [0, 0.05) is 25.9 Å². The number of nitrogens with zero attached hydrogens (tertiary/aromatic N) is 1. The van der Waals surface area contributed by atoms with E-state index in [9.17, 15) is 9.59 Å². The van der Waals surface area contributed by atoms with E-state index in [2.05, 4.69) is 0 Å². The number of carbonyl (C=O) groups excluding carboxylic acids is 2. The van der Waals surface area contributed by atoms with Crippen LogP contribution in [0.1, 0.15) is 30.4 Å². The number of ether oxygens (including phenoxy) is 1. The van der Waals surface area contributed by atoms with Crippen molar-refractivity contribution < 1.29 is 14.3 Å². The molecular weight excluding hydrogens is 254 g/mol. The zero-order chi connectivity index (χ0) is 14.5. The largest absolute Gasteiger partial charge is 0.493 e. The van der Waals surface area contributed by atoms with Gasteiger partial charge in [-0.05, 0) is 31.0 Å². The Morgan fingerprint density at radius 1 is 1.25 bits per heavy atom. The van der Waals surface area contributed by atoms with Crippen molar-refractivity contribution in [3.8, 4) is 5.75 Å². The van der Waals surface area contributed by atoms with Crippen LogP contribution in [0, 0.1) is 13.8 Å². The van der Waals surface area contributed by atoms with Crippen molar-refractivity contribution in [1.82, 2.24) is 4.90 Å². The van der Waals surface area contributed by atoms with Crippen LogP contribution < -0.4 is 4.74 Å². The maximum atomic E-state index is 12.0. The van der Waals surface area contributed by atoms with Crippen LogP contribution in [0.2, 0.25) is 0 Å². The second kappa shape index (κ2) is 6.55. The third kappa shape index (κ3) is 3.83. The molecule has 20 heavy (non-hydrogen) atoms. The summed E-state index contributed by atoms with van der Waals surface area (Å²) in [6.07, 6.45) is 1.34. The fourth-order valence-electron chi connectivity index (χ4n) is 2.27. The number of rotatable bonds is 4. The van der Waals surface area contributed by atoms with E-state index >= 15 is 0 Å². The summed E-state index contributed by atoms with van der Waals surface area (Å²) in [7, 11) is 0. The Bertz CT molecular complexity index is 500. The summed E-state index contributed by atoms with van der Waals surface area (Å²) in [5, 5.41) is 0. The number of piperidine rings is 1. The molecule has 1 heterocycles. The van der Waals surface area contributed by atoms with Crippen LogP contribution in [0.15, 0.2) is 18.2 Å². The first-order valence-corrected chi connectivity index (χ1v) is 7.06. The fraction of sp³-hybridized carbons (Fsp3) is 0.500. The summed E-state index contributed by atoms with van der Waals surface area (Å²) in [6.45, 7) is 5.50. The molecule has 0 unspecified atom stereocenters. The van der Waals surface area contributed by atoms with Crippen molar-refractivity contribution in [2.45, 2.75) is 33.1 Å². The molecule has 1 aliphatic heterocycles. The van der Waals surface area contributed by atoms with E-state index in [1.54, 1.807) is 4.90 Å². The average molecular weight is 275 g/mol. The van der Waals surface area contributed by atoms with E-state index in [-0.39, 0.29) is 11.7 Å². The summed E-state index contributed by atoms with van der Waals surface area (Å²) in [5.74, 6) is 1.16. The van der Waals surface area contributed by atoms with Gasteiger partial charge in [0.25, 0.3) is 0 Å². The molecule has 1 saturated heterocycles. The Morgan fingerprint density at radius 3 is 2.65 bits per heavy atom. The number of hydrogen-bond donors (Lipinski definition) is 0. The Hall–Kier alpha value is -1.84. The van der Waals surface area contributed by atoms with Crippen molar-refractivity contribution in [3.63, 3.8) is 0 Å². The van der Waals surface area contributed by atoms with Gasteiger partial charge in [-0.15, -0.1) is 0 Å². The standard InChI is InChI=1S/C16H21NO3/c1-12-3-4-13(2)15(11-12)20-10-7-16(19)17-8-5-14(18)6-9-17/h3-4,11H,5-10H2,1-2H3. The van der Waals surface area contributed by atoms with E-state index in [0.717, 1.165) is 16.9 Å². The van der Waals surface area contributed by atoms with Crippen LogP contribution in [-0.2, 0) is 9.59 Å². The van der Waals surface area contributed by atoms with Crippen molar-refractivity contribution in [2.24, 2.45) is 0 Å². The van der Waals surface area contributed by atoms with E-state index in [0.29, 0.717) is 39.0 Å². The Morgan fingerprint density at radius 2 is 1.95 bits per heavy atom. The van der Waals surface area contributed by atoms with Gasteiger partial charge >= 0.3 is 0 Å². The molecule has 4 nitrogen and oxygen atoms in total. The lowest BCUT2D eigenvalue weighted by Gasteiger charge is -2.26. The van der Waals surface area contributed by atoms with Crippen molar-refractivity contribution in [3.05, 3.63) is 29.3 Å². The Kier molecular flexibility index (Phi) is 4.77. The lowest BCUT2D eigenvalue weighted by molar-refractivity contribution is -0.134. The highest BCUT2D eigenvalue weighted by molar-refractivity contribution is 5.83. The van der Waals surface area contributed by atoms with E-state index in [4.69, 9.17) is 4.74 Å². The third-order valence-electron chi connectivity index (χ3n) is 3.59. The minimum absolute atomic E-state index is 0.0720. The summed E-state index contributed by atoms with van der Waals surface area (Å²) >= 11 is 0. The van der Waals surface area contributed by atoms with Crippen LogP contribution in [0.4, 0.5) is 0 Å². The summed E-state index contributed by atoms with van der Waals surface area (Å²) in [4.78, 5) is 24.9. The van der Waals surface area contributed by atoms with Gasteiger partial charge in [-0.1, -0.05) is 12.1 Å². The molecule has 0 bridgehead atoms. The lowest BCUT2D eigenvalue weighted by atomic mass is 10.1. The second-order valence-corrected chi connectivity index (χ2v) is 5.29. The number of amides is 1. The van der Waals surface area contributed by atoms with Crippen molar-refractivity contribution >= 4 is 11.7 Å². The highest BCUT2D eigenvalue weighted by Crippen LogP contribution is 2.19. The minimum Gasteiger partial charge on any atom is -0.493 e. The molecule has 0 atom stereocenters. The van der Waals surface area contributed by atoms with Gasteiger partial charge in [-0.25, -0.2) is 0 Å². The number of aryl methyl sites for hydroxylation is 2. The summed E-state index contributed by atoms with van der Waals surface area (Å²) in [6, 6.07) is 6.04. The highest BCUT2D eigenvalue weighted by Gasteiger charge is 2.20. The molecule has 0 aromatic heterocycles. The zero-order valence-electron chi connectivity index (χ0n) is 12.1. The molecule has 108 valence electrons. The fourth-order valence-corrected chi connectivity index (χ4v) is 2.27. The number of ketones is 1. The predicted octanol–water partition coefficient (Wildman–Crippen LogP) is 2.26. The SMILES string of the molecule is Cc1ccc(C)c(OCCC(=O)N2CCC(=O)CC2)c1. The normalized spacial score (nSPS) is 15.3. The topological polar surface area (TPSA) is 46.6 Å². The second-order valence-electron chi connectivity index (χ2n) is 5.29. The minimum atomic E-state index is 0.0720. The zero-order valence-corrected chi connectivity index (χ0v) is 12.1. The predicted molar refractivity (Wildman–Crippen MR) is 76.8 cm³/mol. The smallest absolute Gasteiger partial charge is 0.226 e. The summed E-state index contributed by atoms with van der Waals surface area (Å²) < 4.78 is 5.69. The Balaban J connectivity index is 1.79. The molecule has 1 aromatic rings. The number of carbonyl (C=O) groups is 2. The van der Waals surface area contributed by atoms with Crippen molar-refractivity contribution in [2.75, 3.05) is 19.7 Å². The number of likely N-dealkylation sites (tertiary alicyclic amines) is 1. The summed E-state index contributed by atoms with van der Waals surface area (Å²) in [5.41, 5.74) is 2.22. The molecule has 2 rings (SSSR count). The monoisotopic (exact) mass is 275 g/mol. The van der Waals surface area contributed by atoms with Crippen LogP contribution in [0.3, 0.4) is 0 Å². The first-order chi connectivity index (χ1) is 9.56. The quantitative estimate of drug-likeness (QED) is 0.847. The molecule has 1 aliphatic rings. The van der Waals surface area contributed by atoms with Gasteiger partial charge in [-0.2, -0.15) is 0 Å². The first kappa shape index (κ1) is 14.6. The van der Waals surface area contributed by atoms with Crippen LogP contribution in [0.25, 0.3) is 0 Å². The van der Waals surface area contributed by atoms with Crippen LogP contribution in [-0.4, -0.2) is 36.3 Å². The molecule has 0 spiro atoms. The lowest BCUT2D eigenvalue weighted by Crippen LogP contribution is -2.39. The van der Waals surface area contributed by atoms with Gasteiger partial charge in [0.05, 0.1) is 13.0 Å². The van der Waals surface area contributed by atoms with E-state index in [1.807, 2.05) is 32.0 Å². The Labute approximate surface area is 119 Å². The van der Waals surface area contributed by atoms with Gasteiger partial charge in [0.2, 0.25) is 5.91 Å². The maximum Gasteiger partial charge on any atom is 0.226 e. The van der Waals surface area contributed by atoms with Crippen molar-refractivity contribution in [1.29, 1.82) is 0 Å². The van der Waals surface area contributed by atoms with Gasteiger partial charge in [0.15, 0.2) is 0 Å². The molecule has 0 aliphatic carbocycles. The molecule has 0 N–H and O–H groups in total. The van der Waals surface area contributed by atoms with Gasteiger partial charge < -0.3 is 9.64 Å². The number of benzene rings is 1. The van der Waals surface area contributed by atoms with E-state index in [1.165, 1.54) is 0 Å². The molecule has 1 fully saturated rings. The molecule has 4 heteroatoms. The molecule has 0 radical (unpaired) electrons. The molecule has 1 aromatic carbocycles. The molecule has 1 amide bonds.